The average molecular weight is 397 g/mol. The van der Waals surface area contributed by atoms with Crippen LogP contribution in [0.5, 0.6) is 0 Å². The quantitative estimate of drug-likeness (QED) is 0.652. The highest BCUT2D eigenvalue weighted by Gasteiger charge is 2.41. The van der Waals surface area contributed by atoms with Gasteiger partial charge < -0.3 is 5.73 Å². The Bertz CT molecular complexity index is 1010. The summed E-state index contributed by atoms with van der Waals surface area (Å²) in [6.07, 6.45) is -12.5. The van der Waals surface area contributed by atoms with Crippen molar-refractivity contribution >= 4 is 16.7 Å². The fourth-order valence-corrected chi connectivity index (χ4v) is 2.40. The third-order valence-electron chi connectivity index (χ3n) is 3.50. The molecule has 3 aromatic heterocycles. The molecule has 0 aromatic carbocycles. The molecule has 0 saturated heterocycles. The van der Waals surface area contributed by atoms with Crippen LogP contribution in [0.3, 0.4) is 0 Å². The van der Waals surface area contributed by atoms with Gasteiger partial charge in [-0.05, 0) is 18.2 Å². The van der Waals surface area contributed by atoms with E-state index in [2.05, 4.69) is 15.1 Å². The van der Waals surface area contributed by atoms with E-state index in [1.165, 1.54) is 0 Å². The number of pyridine rings is 2. The first kappa shape index (κ1) is 18.8. The highest BCUT2D eigenvalue weighted by atomic mass is 19.4. The lowest BCUT2D eigenvalue weighted by atomic mass is 10.2. The van der Waals surface area contributed by atoms with Gasteiger partial charge in [-0.15, -0.1) is 0 Å². The Morgan fingerprint density at radius 2 is 1.70 bits per heavy atom. The molecule has 5 nitrogen and oxygen atoms in total. The topological polar surface area (TPSA) is 69.6 Å². The number of halogens is 8. The summed E-state index contributed by atoms with van der Waals surface area (Å²) < 4.78 is 105. The van der Waals surface area contributed by atoms with Gasteiger partial charge in [0, 0.05) is 6.20 Å². The highest BCUT2D eigenvalue weighted by Crippen LogP contribution is 2.40. The normalized spacial score (nSPS) is 12.9. The molecule has 0 saturated carbocycles. The number of nitrogens with two attached hydrogens (primary N) is 1. The number of alkyl halides is 8. The third kappa shape index (κ3) is 3.24. The van der Waals surface area contributed by atoms with Crippen LogP contribution < -0.4 is 5.73 Å². The number of hydrogen-bond donors (Lipinski definition) is 1. The van der Waals surface area contributed by atoms with Gasteiger partial charge in [0.05, 0.1) is 16.5 Å². The van der Waals surface area contributed by atoms with E-state index in [1.54, 1.807) is 0 Å². The van der Waals surface area contributed by atoms with E-state index < -0.39 is 58.3 Å². The molecule has 0 bridgehead atoms. The molecule has 0 fully saturated rings. The van der Waals surface area contributed by atoms with Crippen LogP contribution in [0.4, 0.5) is 40.9 Å². The molecule has 0 spiro atoms. The lowest BCUT2D eigenvalue weighted by molar-refractivity contribution is -0.149. The van der Waals surface area contributed by atoms with Crippen LogP contribution >= 0.6 is 0 Å². The zero-order valence-electron chi connectivity index (χ0n) is 12.8. The largest absolute Gasteiger partial charge is 0.434 e. The van der Waals surface area contributed by atoms with E-state index in [9.17, 15) is 35.1 Å². The molecular formula is C14H7F8N5. The maximum atomic E-state index is 13.2. The number of nitrogen functional groups attached to an aromatic ring is 1. The van der Waals surface area contributed by atoms with Crippen molar-refractivity contribution in [2.45, 2.75) is 18.8 Å². The molecule has 13 heteroatoms. The van der Waals surface area contributed by atoms with E-state index in [1.807, 2.05) is 0 Å². The molecule has 27 heavy (non-hydrogen) atoms. The fraction of sp³-hybridized carbons (Fsp3) is 0.214. The second-order valence-corrected chi connectivity index (χ2v) is 5.26. The van der Waals surface area contributed by atoms with E-state index in [4.69, 9.17) is 5.73 Å². The Kier molecular flexibility index (Phi) is 4.19. The number of rotatable bonds is 2. The Labute approximate surface area is 144 Å². The Morgan fingerprint density at radius 3 is 2.26 bits per heavy atom. The van der Waals surface area contributed by atoms with Crippen LogP contribution in [0, 0.1) is 0 Å². The number of anilines is 1. The first-order valence-electron chi connectivity index (χ1n) is 6.98. The predicted molar refractivity (Wildman–Crippen MR) is 76.0 cm³/mol. The SMILES string of the molecule is Nc1c2c(C(F)(F)F)nc(C(F)(F)F)cc2nn1-c1ncccc1C(F)F. The van der Waals surface area contributed by atoms with E-state index in [-0.39, 0.29) is 6.07 Å². The lowest BCUT2D eigenvalue weighted by Gasteiger charge is -2.11. The molecule has 0 atom stereocenters. The second-order valence-electron chi connectivity index (χ2n) is 5.26. The van der Waals surface area contributed by atoms with Crippen molar-refractivity contribution in [1.82, 2.24) is 19.7 Å². The maximum Gasteiger partial charge on any atom is 0.434 e. The summed E-state index contributed by atoms with van der Waals surface area (Å²) in [5, 5.41) is 2.59. The summed E-state index contributed by atoms with van der Waals surface area (Å²) in [7, 11) is 0. The van der Waals surface area contributed by atoms with Crippen LogP contribution in [0.1, 0.15) is 23.4 Å². The zero-order valence-corrected chi connectivity index (χ0v) is 12.8. The van der Waals surface area contributed by atoms with E-state index >= 15 is 0 Å². The molecule has 0 aliphatic heterocycles. The van der Waals surface area contributed by atoms with Gasteiger partial charge in [0.25, 0.3) is 6.43 Å². The average Bonchev–Trinajstić information content (AvgIpc) is 2.89. The smallest absolute Gasteiger partial charge is 0.383 e. The van der Waals surface area contributed by atoms with Crippen molar-refractivity contribution in [3.8, 4) is 5.82 Å². The maximum absolute atomic E-state index is 13.2. The molecule has 0 unspecified atom stereocenters. The van der Waals surface area contributed by atoms with Crippen molar-refractivity contribution in [1.29, 1.82) is 0 Å². The van der Waals surface area contributed by atoms with E-state index in [0.29, 0.717) is 4.68 Å². The van der Waals surface area contributed by atoms with Crippen LogP contribution in [-0.4, -0.2) is 19.7 Å². The first-order valence-corrected chi connectivity index (χ1v) is 6.98. The Morgan fingerprint density at radius 1 is 1.04 bits per heavy atom. The first-order chi connectivity index (χ1) is 12.4. The van der Waals surface area contributed by atoms with Gasteiger partial charge in [-0.1, -0.05) is 0 Å². The predicted octanol–water partition coefficient (Wildman–Crippen LogP) is 4.37. The van der Waals surface area contributed by atoms with Crippen molar-refractivity contribution in [2.75, 3.05) is 5.73 Å². The standard InChI is InChI=1S/C14H7F8N5/c15-10(16)5-2-1-3-24-12(5)27-11(23)8-6(26-27)4-7(13(17,18)19)25-9(8)14(20,21)22/h1-4,10H,23H2. The molecule has 3 aromatic rings. The molecule has 0 aliphatic rings. The van der Waals surface area contributed by atoms with E-state index in [0.717, 1.165) is 18.3 Å². The number of nitrogens with zero attached hydrogens (tertiary/aromatic N) is 4. The summed E-state index contributed by atoms with van der Waals surface area (Å²) in [5.41, 5.74) is 0.295. The Hall–Kier alpha value is -2.99. The molecule has 3 rings (SSSR count). The van der Waals surface area contributed by atoms with Crippen molar-refractivity contribution in [3.63, 3.8) is 0 Å². The van der Waals surface area contributed by atoms with Gasteiger partial charge >= 0.3 is 12.4 Å². The minimum Gasteiger partial charge on any atom is -0.383 e. The van der Waals surface area contributed by atoms with Gasteiger partial charge in [0.1, 0.15) is 11.5 Å². The summed E-state index contributed by atoms with van der Waals surface area (Å²) in [6, 6.07) is 2.33. The zero-order chi connectivity index (χ0) is 20.1. The van der Waals surface area contributed by atoms with Gasteiger partial charge in [-0.3, -0.25) is 0 Å². The summed E-state index contributed by atoms with van der Waals surface area (Å²) in [4.78, 5) is 6.22. The second kappa shape index (κ2) is 6.03. The molecule has 144 valence electrons. The van der Waals surface area contributed by atoms with Gasteiger partial charge in [0.15, 0.2) is 11.5 Å². The summed E-state index contributed by atoms with van der Waals surface area (Å²) in [5.74, 6) is -1.43. The van der Waals surface area contributed by atoms with Crippen LogP contribution in [0.25, 0.3) is 16.7 Å². The monoisotopic (exact) mass is 397 g/mol. The van der Waals surface area contributed by atoms with Crippen molar-refractivity contribution in [2.24, 2.45) is 0 Å². The minimum absolute atomic E-state index is 0.252. The molecule has 0 aliphatic carbocycles. The molecule has 3 heterocycles. The van der Waals surface area contributed by atoms with Crippen LogP contribution in [0.2, 0.25) is 0 Å². The number of fused-ring (bicyclic) bond motifs is 1. The third-order valence-corrected chi connectivity index (χ3v) is 3.50. The molecule has 0 radical (unpaired) electrons. The summed E-state index contributed by atoms with van der Waals surface area (Å²) in [6.45, 7) is 0. The highest BCUT2D eigenvalue weighted by molar-refractivity contribution is 5.92. The van der Waals surface area contributed by atoms with Crippen LogP contribution in [-0.2, 0) is 12.4 Å². The van der Waals surface area contributed by atoms with Gasteiger partial charge in [-0.25, -0.2) is 18.7 Å². The van der Waals surface area contributed by atoms with Gasteiger partial charge in [0.2, 0.25) is 0 Å². The Balaban J connectivity index is 2.38. The van der Waals surface area contributed by atoms with Gasteiger partial charge in [-0.2, -0.15) is 36.1 Å². The summed E-state index contributed by atoms with van der Waals surface area (Å²) >= 11 is 0. The number of hydrogen-bond acceptors (Lipinski definition) is 4. The number of aromatic nitrogens is 4. The van der Waals surface area contributed by atoms with Crippen LogP contribution in [0.15, 0.2) is 24.4 Å². The molecular weight excluding hydrogens is 390 g/mol. The fourth-order valence-electron chi connectivity index (χ4n) is 2.40. The molecule has 2 N–H and O–H groups in total. The minimum atomic E-state index is -5.29. The van der Waals surface area contributed by atoms with Crippen molar-refractivity contribution in [3.05, 3.63) is 41.3 Å². The van der Waals surface area contributed by atoms with Crippen molar-refractivity contribution < 1.29 is 35.1 Å². The molecule has 0 amide bonds. The lowest BCUT2D eigenvalue weighted by Crippen LogP contribution is -2.15.